The van der Waals surface area contributed by atoms with Crippen molar-refractivity contribution in [2.45, 2.75) is 26.8 Å². The molecule has 6 heteroatoms. The fourth-order valence-corrected chi connectivity index (χ4v) is 4.37. The molecule has 5 rings (SSSR count). The van der Waals surface area contributed by atoms with Crippen LogP contribution in [0.2, 0.25) is 0 Å². The molecule has 0 spiro atoms. The van der Waals surface area contributed by atoms with Crippen LogP contribution < -0.4 is 10.7 Å². The van der Waals surface area contributed by atoms with Gasteiger partial charge in [-0.2, -0.15) is 0 Å². The average molecular weight is 466 g/mol. The van der Waals surface area contributed by atoms with E-state index in [9.17, 15) is 9.18 Å². The summed E-state index contributed by atoms with van der Waals surface area (Å²) in [5.41, 5.74) is 5.19. The van der Waals surface area contributed by atoms with E-state index in [4.69, 9.17) is 4.42 Å². The van der Waals surface area contributed by atoms with Crippen LogP contribution in [-0.4, -0.2) is 9.97 Å². The highest BCUT2D eigenvalue weighted by atomic mass is 19.1. The molecule has 0 unspecified atom stereocenters. The Kier molecular flexibility index (Phi) is 5.87. The quantitative estimate of drug-likeness (QED) is 0.308. The van der Waals surface area contributed by atoms with Crippen LogP contribution in [-0.2, 0) is 0 Å². The number of pyridine rings is 2. The number of nitrogens with zero attached hydrogens (tertiary/aromatic N) is 2. The number of hydrogen-bond donors (Lipinski definition) is 1. The van der Waals surface area contributed by atoms with Crippen LogP contribution in [0.25, 0.3) is 33.6 Å². The van der Waals surface area contributed by atoms with Crippen molar-refractivity contribution in [1.29, 1.82) is 0 Å². The topological polar surface area (TPSA) is 68.0 Å². The van der Waals surface area contributed by atoms with Gasteiger partial charge in [0.2, 0.25) is 0 Å². The van der Waals surface area contributed by atoms with E-state index in [2.05, 4.69) is 15.3 Å². The Morgan fingerprint density at radius 2 is 1.80 bits per heavy atom. The molecular weight excluding hydrogens is 441 g/mol. The van der Waals surface area contributed by atoms with E-state index in [0.717, 1.165) is 16.7 Å². The van der Waals surface area contributed by atoms with Crippen LogP contribution >= 0.6 is 0 Å². The number of benzene rings is 2. The van der Waals surface area contributed by atoms with Crippen LogP contribution in [0.15, 0.2) is 88.5 Å². The molecule has 0 fully saturated rings. The normalized spacial score (nSPS) is 12.0. The third-order valence-electron chi connectivity index (χ3n) is 6.10. The Morgan fingerprint density at radius 3 is 2.57 bits per heavy atom. The number of aryl methyl sites for hydroxylation is 1. The molecule has 0 aliphatic rings. The summed E-state index contributed by atoms with van der Waals surface area (Å²) in [5.74, 6) is 0.109. The summed E-state index contributed by atoms with van der Waals surface area (Å²) in [6.45, 7) is 5.73. The largest absolute Gasteiger partial charge is 0.455 e. The second-order valence-corrected chi connectivity index (χ2v) is 8.60. The smallest absolute Gasteiger partial charge is 0.196 e. The number of rotatable bonds is 5. The van der Waals surface area contributed by atoms with E-state index in [0.29, 0.717) is 39.2 Å². The van der Waals surface area contributed by atoms with Gasteiger partial charge in [-0.05, 0) is 50.6 Å². The van der Waals surface area contributed by atoms with Crippen molar-refractivity contribution in [3.63, 3.8) is 0 Å². The fourth-order valence-electron chi connectivity index (χ4n) is 4.37. The molecule has 3 heterocycles. The van der Waals surface area contributed by atoms with Gasteiger partial charge in [0.25, 0.3) is 0 Å². The minimum atomic E-state index is -0.447. The van der Waals surface area contributed by atoms with E-state index < -0.39 is 5.82 Å². The van der Waals surface area contributed by atoms with Crippen LogP contribution in [0.3, 0.4) is 0 Å². The van der Waals surface area contributed by atoms with Gasteiger partial charge < -0.3 is 9.73 Å². The molecule has 0 radical (unpaired) electrons. The predicted molar refractivity (Wildman–Crippen MR) is 137 cm³/mol. The van der Waals surface area contributed by atoms with Gasteiger partial charge in [-0.25, -0.2) is 4.39 Å². The lowest BCUT2D eigenvalue weighted by Crippen LogP contribution is -2.13. The summed E-state index contributed by atoms with van der Waals surface area (Å²) < 4.78 is 20.9. The Hall–Kier alpha value is -4.32. The molecule has 1 N–H and O–H groups in total. The lowest BCUT2D eigenvalue weighted by atomic mass is 9.98. The maximum absolute atomic E-state index is 14.5. The Bertz CT molecular complexity index is 1600. The minimum absolute atomic E-state index is 0.0526. The van der Waals surface area contributed by atoms with Crippen molar-refractivity contribution in [3.05, 3.63) is 112 Å². The average Bonchev–Trinajstić information content (AvgIpc) is 2.87. The van der Waals surface area contributed by atoms with E-state index >= 15 is 0 Å². The standard InChI is InChI=1S/C29H24FN3O2/c1-17-14-22(19(3)33-25-10-7-12-32-26(25)21-11-13-31-16-24(21)30)29-23(15-17)27(34)18(2)28(35-29)20-8-5-4-6-9-20/h4-16,19,33H,1-3H3/t19-/m1/s1. The number of anilines is 1. The van der Waals surface area contributed by atoms with Gasteiger partial charge >= 0.3 is 0 Å². The maximum atomic E-state index is 14.5. The summed E-state index contributed by atoms with van der Waals surface area (Å²) in [7, 11) is 0. The molecule has 0 aliphatic carbocycles. The molecule has 5 aromatic rings. The van der Waals surface area contributed by atoms with Crippen molar-refractivity contribution in [2.75, 3.05) is 5.32 Å². The monoisotopic (exact) mass is 465 g/mol. The summed E-state index contributed by atoms with van der Waals surface area (Å²) in [4.78, 5) is 21.6. The second-order valence-electron chi connectivity index (χ2n) is 8.60. The fraction of sp³-hybridized carbons (Fsp3) is 0.138. The number of halogens is 1. The molecule has 0 amide bonds. The predicted octanol–water partition coefficient (Wildman–Crippen LogP) is 6.85. The zero-order valence-electron chi connectivity index (χ0n) is 19.7. The van der Waals surface area contributed by atoms with E-state index in [1.807, 2.05) is 62.4 Å². The van der Waals surface area contributed by atoms with Crippen LogP contribution in [0.5, 0.6) is 0 Å². The van der Waals surface area contributed by atoms with Gasteiger partial charge in [0.15, 0.2) is 11.2 Å². The highest BCUT2D eigenvalue weighted by Crippen LogP contribution is 2.34. The zero-order chi connectivity index (χ0) is 24.5. The molecule has 0 aliphatic heterocycles. The van der Waals surface area contributed by atoms with Gasteiger partial charge in [0.05, 0.1) is 29.0 Å². The van der Waals surface area contributed by atoms with Crippen LogP contribution in [0.4, 0.5) is 10.1 Å². The molecule has 5 nitrogen and oxygen atoms in total. The molecule has 174 valence electrons. The lowest BCUT2D eigenvalue weighted by molar-refractivity contribution is 0.605. The van der Waals surface area contributed by atoms with Crippen LogP contribution in [0, 0.1) is 19.7 Å². The highest BCUT2D eigenvalue weighted by molar-refractivity contribution is 5.85. The van der Waals surface area contributed by atoms with Crippen molar-refractivity contribution < 1.29 is 8.81 Å². The molecule has 35 heavy (non-hydrogen) atoms. The summed E-state index contributed by atoms with van der Waals surface area (Å²) in [5, 5.41) is 3.99. The third kappa shape index (κ3) is 4.19. The van der Waals surface area contributed by atoms with Crippen molar-refractivity contribution >= 4 is 16.7 Å². The molecule has 0 saturated carbocycles. The Morgan fingerprint density at radius 1 is 1.00 bits per heavy atom. The first-order valence-corrected chi connectivity index (χ1v) is 11.4. The van der Waals surface area contributed by atoms with Crippen LogP contribution in [0.1, 0.15) is 29.7 Å². The van der Waals surface area contributed by atoms with E-state index in [-0.39, 0.29) is 11.5 Å². The van der Waals surface area contributed by atoms with Gasteiger partial charge in [-0.3, -0.25) is 14.8 Å². The van der Waals surface area contributed by atoms with Gasteiger partial charge in [0.1, 0.15) is 11.3 Å². The number of hydrogen-bond acceptors (Lipinski definition) is 5. The molecule has 0 saturated heterocycles. The first-order valence-electron chi connectivity index (χ1n) is 11.4. The van der Waals surface area contributed by atoms with E-state index in [1.165, 1.54) is 12.4 Å². The van der Waals surface area contributed by atoms with Crippen molar-refractivity contribution in [1.82, 2.24) is 9.97 Å². The zero-order valence-corrected chi connectivity index (χ0v) is 19.7. The third-order valence-corrected chi connectivity index (χ3v) is 6.10. The second kappa shape index (κ2) is 9.14. The molecular formula is C29H24FN3O2. The minimum Gasteiger partial charge on any atom is -0.455 e. The summed E-state index contributed by atoms with van der Waals surface area (Å²) >= 11 is 0. The van der Waals surface area contributed by atoms with Crippen molar-refractivity contribution in [3.8, 4) is 22.6 Å². The summed E-state index contributed by atoms with van der Waals surface area (Å²) in [6, 6.07) is 18.5. The molecule has 0 bridgehead atoms. The van der Waals surface area contributed by atoms with E-state index in [1.54, 1.807) is 25.3 Å². The van der Waals surface area contributed by atoms with Gasteiger partial charge in [0, 0.05) is 34.6 Å². The maximum Gasteiger partial charge on any atom is 0.196 e. The number of fused-ring (bicyclic) bond motifs is 1. The number of aromatic nitrogens is 2. The number of nitrogens with one attached hydrogen (secondary N) is 1. The Labute approximate surface area is 202 Å². The summed E-state index contributed by atoms with van der Waals surface area (Å²) in [6.07, 6.45) is 4.34. The molecule has 2 aromatic carbocycles. The first kappa shape index (κ1) is 22.5. The SMILES string of the molecule is Cc1cc([C@@H](C)Nc2cccnc2-c2ccncc2F)c2oc(-c3ccccc3)c(C)c(=O)c2c1. The van der Waals surface area contributed by atoms with Gasteiger partial charge in [-0.15, -0.1) is 0 Å². The first-order chi connectivity index (χ1) is 16.9. The lowest BCUT2D eigenvalue weighted by Gasteiger charge is -2.20. The molecule has 1 atom stereocenters. The highest BCUT2D eigenvalue weighted by Gasteiger charge is 2.20. The van der Waals surface area contributed by atoms with Gasteiger partial charge in [-0.1, -0.05) is 36.4 Å². The Balaban J connectivity index is 1.64. The van der Waals surface area contributed by atoms with Crippen molar-refractivity contribution in [2.24, 2.45) is 0 Å². The molecule has 3 aromatic heterocycles.